The van der Waals surface area contributed by atoms with Gasteiger partial charge in [0.15, 0.2) is 0 Å². The van der Waals surface area contributed by atoms with Crippen LogP contribution in [0, 0.1) is 13.8 Å². The molecule has 0 aliphatic heterocycles. The second kappa shape index (κ2) is 7.83. The molecule has 0 amide bonds. The monoisotopic (exact) mass is 409 g/mol. The summed E-state index contributed by atoms with van der Waals surface area (Å²) in [6.07, 6.45) is 4.45. The van der Waals surface area contributed by atoms with Crippen LogP contribution in [-0.4, -0.2) is 28.6 Å². The lowest BCUT2D eigenvalue weighted by Gasteiger charge is -2.03. The van der Waals surface area contributed by atoms with Crippen molar-refractivity contribution in [3.05, 3.63) is 67.4 Å². The van der Waals surface area contributed by atoms with Gasteiger partial charge in [-0.25, -0.2) is 14.5 Å². The third-order valence-corrected chi connectivity index (χ3v) is 6.30. The minimum absolute atomic E-state index is 0.170. The zero-order valence-electron chi connectivity index (χ0n) is 16.7. The first-order chi connectivity index (χ1) is 14.0. The van der Waals surface area contributed by atoms with Crippen LogP contribution in [0.2, 0.25) is 0 Å². The van der Waals surface area contributed by atoms with Gasteiger partial charge in [-0.1, -0.05) is 17.7 Å². The Balaban J connectivity index is 1.71. The van der Waals surface area contributed by atoms with E-state index >= 15 is 0 Å². The first-order valence-corrected chi connectivity index (χ1v) is 10.6. The van der Waals surface area contributed by atoms with E-state index in [9.17, 15) is 9.59 Å². The number of nitrogens with one attached hydrogen (secondary N) is 1. The lowest BCUT2D eigenvalue weighted by molar-refractivity contribution is 0.0527. The highest BCUT2D eigenvalue weighted by Gasteiger charge is 2.27. The molecule has 0 bridgehead atoms. The fourth-order valence-corrected chi connectivity index (χ4v) is 4.83. The maximum atomic E-state index is 12.9. The first-order valence-electron chi connectivity index (χ1n) is 9.74. The number of thiophene rings is 1. The molecular weight excluding hydrogens is 386 g/mol. The normalized spacial score (nSPS) is 13.2. The van der Waals surface area contributed by atoms with Crippen molar-refractivity contribution in [2.45, 2.75) is 40.0 Å². The molecule has 2 heterocycles. The Morgan fingerprint density at radius 2 is 2.03 bits per heavy atom. The topological polar surface area (TPSA) is 76.4 Å². The molecule has 29 heavy (non-hydrogen) atoms. The van der Waals surface area contributed by atoms with Gasteiger partial charge in [0.25, 0.3) is 5.56 Å². The summed E-state index contributed by atoms with van der Waals surface area (Å²) in [5, 5.41) is 3.73. The molecule has 0 atom stereocenters. The number of aromatic nitrogens is 2. The van der Waals surface area contributed by atoms with Crippen molar-refractivity contribution >= 4 is 28.5 Å². The number of carbonyl (C=O) groups is 1. The van der Waals surface area contributed by atoms with E-state index in [1.165, 1.54) is 20.9 Å². The number of aliphatic imine (C=N–C) groups is 1. The van der Waals surface area contributed by atoms with Crippen molar-refractivity contribution in [3.63, 3.8) is 0 Å². The van der Waals surface area contributed by atoms with Gasteiger partial charge < -0.3 is 4.74 Å². The second-order valence-electron chi connectivity index (χ2n) is 7.14. The lowest BCUT2D eigenvalue weighted by Crippen LogP contribution is -2.17. The highest BCUT2D eigenvalue weighted by atomic mass is 32.1. The van der Waals surface area contributed by atoms with E-state index in [4.69, 9.17) is 4.74 Å². The van der Waals surface area contributed by atoms with Crippen molar-refractivity contribution in [2.75, 3.05) is 6.61 Å². The van der Waals surface area contributed by atoms with E-state index in [2.05, 4.69) is 10.1 Å². The third kappa shape index (κ3) is 3.58. The van der Waals surface area contributed by atoms with Gasteiger partial charge in [-0.3, -0.25) is 9.89 Å². The van der Waals surface area contributed by atoms with Crippen molar-refractivity contribution in [3.8, 4) is 5.69 Å². The lowest BCUT2D eigenvalue weighted by atomic mass is 10.1. The van der Waals surface area contributed by atoms with Crippen LogP contribution in [0.25, 0.3) is 5.69 Å². The number of esters is 1. The predicted octanol–water partition coefficient (Wildman–Crippen LogP) is 4.26. The molecule has 0 fully saturated rings. The molecule has 0 saturated carbocycles. The van der Waals surface area contributed by atoms with Crippen LogP contribution in [0.3, 0.4) is 0 Å². The molecule has 1 N–H and O–H groups in total. The molecule has 0 radical (unpaired) electrons. The molecule has 7 heteroatoms. The Morgan fingerprint density at radius 1 is 1.28 bits per heavy atom. The van der Waals surface area contributed by atoms with Crippen LogP contribution in [0.4, 0.5) is 5.00 Å². The van der Waals surface area contributed by atoms with Crippen LogP contribution < -0.4 is 5.56 Å². The highest BCUT2D eigenvalue weighted by Crippen LogP contribution is 2.41. The summed E-state index contributed by atoms with van der Waals surface area (Å²) in [4.78, 5) is 31.1. The maximum Gasteiger partial charge on any atom is 0.341 e. The molecule has 2 aromatic heterocycles. The molecular formula is C22H23N3O3S. The minimum atomic E-state index is -0.332. The summed E-state index contributed by atoms with van der Waals surface area (Å²) in [6.45, 7) is 5.97. The van der Waals surface area contributed by atoms with Crippen LogP contribution in [-0.2, 0) is 17.6 Å². The fourth-order valence-electron chi connectivity index (χ4n) is 3.60. The number of aromatic amines is 1. The molecule has 6 nitrogen and oxygen atoms in total. The van der Waals surface area contributed by atoms with Crippen LogP contribution >= 0.6 is 11.3 Å². The minimum Gasteiger partial charge on any atom is -0.462 e. The fraction of sp³-hybridized carbons (Fsp3) is 0.318. The van der Waals surface area contributed by atoms with Crippen LogP contribution in [0.1, 0.15) is 51.0 Å². The average molecular weight is 410 g/mol. The summed E-state index contributed by atoms with van der Waals surface area (Å²) < 4.78 is 6.76. The molecule has 1 aliphatic rings. The summed E-state index contributed by atoms with van der Waals surface area (Å²) in [5.74, 6) is -0.332. The Labute approximate surface area is 172 Å². The zero-order chi connectivity index (χ0) is 20.5. The quantitative estimate of drug-likeness (QED) is 0.505. The first kappa shape index (κ1) is 19.4. The van der Waals surface area contributed by atoms with Gasteiger partial charge in [0.1, 0.15) is 5.00 Å². The standard InChI is InChI=1S/C22H23N3O3S/c1-4-28-22(27)19-16-6-5-7-18(16)29-20(19)23-12-17-14(3)24-25(21(17)26)15-10-8-13(2)9-11-15/h8-12,24H,4-7H2,1-3H3. The van der Waals surface area contributed by atoms with Crippen molar-refractivity contribution in [1.29, 1.82) is 0 Å². The molecule has 150 valence electrons. The molecule has 1 aliphatic carbocycles. The van der Waals surface area contributed by atoms with Gasteiger partial charge >= 0.3 is 5.97 Å². The van der Waals surface area contributed by atoms with Crippen molar-refractivity contribution < 1.29 is 9.53 Å². The number of hydrogen-bond donors (Lipinski definition) is 1. The summed E-state index contributed by atoms with van der Waals surface area (Å²) in [5.41, 5.74) is 4.55. The molecule has 4 rings (SSSR count). The van der Waals surface area contributed by atoms with E-state index < -0.39 is 0 Å². The summed E-state index contributed by atoms with van der Waals surface area (Å²) in [7, 11) is 0. The average Bonchev–Trinajstić information content (AvgIpc) is 3.34. The number of carbonyl (C=O) groups excluding carboxylic acids is 1. The van der Waals surface area contributed by atoms with E-state index in [0.29, 0.717) is 22.7 Å². The van der Waals surface area contributed by atoms with Gasteiger partial charge in [0.2, 0.25) is 0 Å². The van der Waals surface area contributed by atoms with Crippen LogP contribution in [0.15, 0.2) is 34.1 Å². The summed E-state index contributed by atoms with van der Waals surface area (Å²) >= 11 is 1.52. The van der Waals surface area contributed by atoms with Crippen molar-refractivity contribution in [2.24, 2.45) is 4.99 Å². The van der Waals surface area contributed by atoms with E-state index in [1.807, 2.05) is 38.1 Å². The number of fused-ring (bicyclic) bond motifs is 1. The third-order valence-electron chi connectivity index (χ3n) is 5.10. The number of benzene rings is 1. The van der Waals surface area contributed by atoms with Crippen LogP contribution in [0.5, 0.6) is 0 Å². The Morgan fingerprint density at radius 3 is 2.76 bits per heavy atom. The van der Waals surface area contributed by atoms with E-state index in [-0.39, 0.29) is 11.5 Å². The maximum absolute atomic E-state index is 12.9. The van der Waals surface area contributed by atoms with Gasteiger partial charge in [0, 0.05) is 16.8 Å². The number of ether oxygens (including phenoxy) is 1. The van der Waals surface area contributed by atoms with Gasteiger partial charge in [-0.2, -0.15) is 0 Å². The zero-order valence-corrected chi connectivity index (χ0v) is 17.6. The second-order valence-corrected chi connectivity index (χ2v) is 8.23. The molecule has 0 saturated heterocycles. The Hall–Kier alpha value is -2.93. The largest absolute Gasteiger partial charge is 0.462 e. The highest BCUT2D eigenvalue weighted by molar-refractivity contribution is 7.16. The van der Waals surface area contributed by atoms with E-state index in [0.717, 1.165) is 41.8 Å². The number of aryl methyl sites for hydroxylation is 3. The smallest absolute Gasteiger partial charge is 0.341 e. The van der Waals surface area contributed by atoms with Crippen molar-refractivity contribution in [1.82, 2.24) is 9.78 Å². The number of hydrogen-bond acceptors (Lipinski definition) is 5. The summed E-state index contributed by atoms with van der Waals surface area (Å²) in [6, 6.07) is 7.72. The number of rotatable bonds is 5. The molecule has 0 spiro atoms. The van der Waals surface area contributed by atoms with Gasteiger partial charge in [-0.15, -0.1) is 11.3 Å². The predicted molar refractivity (Wildman–Crippen MR) is 115 cm³/mol. The number of H-pyrrole nitrogens is 1. The van der Waals surface area contributed by atoms with Gasteiger partial charge in [-0.05, 0) is 57.7 Å². The number of nitrogens with zero attached hydrogens (tertiary/aromatic N) is 2. The Kier molecular flexibility index (Phi) is 5.24. The van der Waals surface area contributed by atoms with E-state index in [1.54, 1.807) is 13.1 Å². The Bertz CT molecular complexity index is 1150. The molecule has 0 unspecified atom stereocenters. The molecule has 1 aromatic carbocycles. The van der Waals surface area contributed by atoms with Gasteiger partial charge in [0.05, 0.1) is 23.4 Å². The SMILES string of the molecule is CCOC(=O)c1c(N=Cc2c(C)[nH]n(-c3ccc(C)cc3)c2=O)sc2c1CCC2. The molecule has 3 aromatic rings.